The lowest BCUT2D eigenvalue weighted by atomic mass is 10.1. The molecule has 0 aromatic heterocycles. The molecule has 5 heteroatoms. The van der Waals surface area contributed by atoms with Crippen molar-refractivity contribution in [3.63, 3.8) is 0 Å². The summed E-state index contributed by atoms with van der Waals surface area (Å²) in [5.41, 5.74) is 7.03. The predicted molar refractivity (Wildman–Crippen MR) is 90.3 cm³/mol. The van der Waals surface area contributed by atoms with E-state index in [4.69, 9.17) is 10.5 Å². The summed E-state index contributed by atoms with van der Waals surface area (Å²) in [7, 11) is 1.80. The summed E-state index contributed by atoms with van der Waals surface area (Å²) in [4.78, 5) is 14.0. The lowest BCUT2D eigenvalue weighted by Crippen LogP contribution is -2.34. The molecule has 128 valence electrons. The molecule has 3 atom stereocenters. The lowest BCUT2D eigenvalue weighted by Gasteiger charge is -2.21. The molecule has 0 bridgehead atoms. The van der Waals surface area contributed by atoms with Crippen molar-refractivity contribution >= 4 is 5.91 Å². The molecular weight excluding hydrogens is 292 g/mol. The molecule has 3 N–H and O–H groups in total. The van der Waals surface area contributed by atoms with Crippen molar-refractivity contribution in [2.45, 2.75) is 44.8 Å². The summed E-state index contributed by atoms with van der Waals surface area (Å²) < 4.78 is 5.74. The lowest BCUT2D eigenvalue weighted by molar-refractivity contribution is -0.134. The Bertz CT molecular complexity index is 511. The number of amides is 1. The van der Waals surface area contributed by atoms with E-state index < -0.39 is 6.10 Å². The van der Waals surface area contributed by atoms with Crippen LogP contribution in [-0.4, -0.2) is 48.3 Å². The fourth-order valence-corrected chi connectivity index (χ4v) is 3.02. The number of benzene rings is 1. The minimum absolute atomic E-state index is 0.0741. The zero-order chi connectivity index (χ0) is 16.8. The van der Waals surface area contributed by atoms with Gasteiger partial charge in [-0.25, -0.2) is 0 Å². The number of ether oxygens (including phenoxy) is 1. The molecule has 1 aliphatic carbocycles. The summed E-state index contributed by atoms with van der Waals surface area (Å²) in [6.07, 6.45) is 2.27. The van der Waals surface area contributed by atoms with Crippen molar-refractivity contribution in [2.75, 3.05) is 20.2 Å². The van der Waals surface area contributed by atoms with E-state index in [1.165, 1.54) is 5.56 Å². The van der Waals surface area contributed by atoms with Crippen LogP contribution in [0.5, 0.6) is 5.75 Å². The van der Waals surface area contributed by atoms with E-state index in [0.29, 0.717) is 26.0 Å². The minimum atomic E-state index is -0.550. The Morgan fingerprint density at radius 1 is 1.43 bits per heavy atom. The second-order valence-corrected chi connectivity index (χ2v) is 6.36. The number of hydrogen-bond donors (Lipinski definition) is 2. The van der Waals surface area contributed by atoms with Crippen LogP contribution in [0, 0.1) is 5.92 Å². The van der Waals surface area contributed by atoms with E-state index in [1.54, 1.807) is 11.9 Å². The molecule has 0 radical (unpaired) electrons. The van der Waals surface area contributed by atoms with Crippen molar-refractivity contribution in [1.82, 2.24) is 4.90 Å². The molecule has 2 rings (SSSR count). The first kappa shape index (κ1) is 17.8. The van der Waals surface area contributed by atoms with E-state index in [1.807, 2.05) is 12.1 Å². The number of aliphatic hydroxyl groups is 1. The molecule has 1 aromatic carbocycles. The Kier molecular flexibility index (Phi) is 6.42. The number of rotatable bonds is 7. The first-order valence-corrected chi connectivity index (χ1v) is 8.41. The first-order chi connectivity index (χ1) is 11.0. The third kappa shape index (κ3) is 4.94. The Balaban J connectivity index is 1.70. The van der Waals surface area contributed by atoms with Crippen LogP contribution in [0.25, 0.3) is 0 Å². The highest BCUT2D eigenvalue weighted by Gasteiger charge is 2.35. The fourth-order valence-electron chi connectivity index (χ4n) is 3.02. The SMILES string of the molecule is CCc1cccc(OCCCN(C)C(=O)[C@H]2C[C@@H](N)[C@H](O)C2)c1. The molecule has 1 saturated carbocycles. The van der Waals surface area contributed by atoms with Crippen molar-refractivity contribution in [3.05, 3.63) is 29.8 Å². The summed E-state index contributed by atoms with van der Waals surface area (Å²) in [5.74, 6) is 0.806. The Hall–Kier alpha value is -1.59. The molecule has 0 unspecified atom stereocenters. The van der Waals surface area contributed by atoms with Gasteiger partial charge in [0.1, 0.15) is 5.75 Å². The van der Waals surface area contributed by atoms with Crippen LogP contribution in [0.2, 0.25) is 0 Å². The van der Waals surface area contributed by atoms with Crippen molar-refractivity contribution in [3.8, 4) is 5.75 Å². The van der Waals surface area contributed by atoms with Gasteiger partial charge in [0.25, 0.3) is 0 Å². The number of carbonyl (C=O) groups is 1. The largest absolute Gasteiger partial charge is 0.494 e. The van der Waals surface area contributed by atoms with E-state index in [0.717, 1.165) is 18.6 Å². The Morgan fingerprint density at radius 2 is 2.22 bits per heavy atom. The van der Waals surface area contributed by atoms with Crippen LogP contribution in [0.4, 0.5) is 0 Å². The summed E-state index contributed by atoms with van der Waals surface area (Å²) in [6.45, 7) is 3.34. The highest BCUT2D eigenvalue weighted by molar-refractivity contribution is 5.79. The maximum absolute atomic E-state index is 12.3. The van der Waals surface area contributed by atoms with Gasteiger partial charge in [0.2, 0.25) is 5.91 Å². The maximum Gasteiger partial charge on any atom is 0.225 e. The van der Waals surface area contributed by atoms with Gasteiger partial charge in [-0.15, -0.1) is 0 Å². The number of nitrogens with two attached hydrogens (primary N) is 1. The molecule has 1 amide bonds. The summed E-state index contributed by atoms with van der Waals surface area (Å²) in [5, 5.41) is 9.67. The standard InChI is InChI=1S/C18H28N2O3/c1-3-13-6-4-7-15(10-13)23-9-5-8-20(2)18(22)14-11-16(19)17(21)12-14/h4,6-7,10,14,16-17,21H,3,5,8-9,11-12,19H2,1-2H3/t14-,16+,17+/m0/s1. The molecular formula is C18H28N2O3. The molecule has 1 fully saturated rings. The van der Waals surface area contributed by atoms with Gasteiger partial charge in [0.15, 0.2) is 0 Å². The molecule has 23 heavy (non-hydrogen) atoms. The van der Waals surface area contributed by atoms with Gasteiger partial charge in [-0.2, -0.15) is 0 Å². The number of carbonyl (C=O) groups excluding carboxylic acids is 1. The predicted octanol–water partition coefficient (Wildman–Crippen LogP) is 1.57. The van der Waals surface area contributed by atoms with Crippen LogP contribution in [0.15, 0.2) is 24.3 Å². The monoisotopic (exact) mass is 320 g/mol. The van der Waals surface area contributed by atoms with Crippen LogP contribution in [0.3, 0.4) is 0 Å². The number of hydrogen-bond acceptors (Lipinski definition) is 4. The molecule has 0 spiro atoms. The molecule has 1 aliphatic rings. The van der Waals surface area contributed by atoms with Crippen molar-refractivity contribution in [2.24, 2.45) is 11.7 Å². The Labute approximate surface area is 138 Å². The second-order valence-electron chi connectivity index (χ2n) is 6.36. The van der Waals surface area contributed by atoms with E-state index in [9.17, 15) is 9.90 Å². The molecule has 1 aromatic rings. The van der Waals surface area contributed by atoms with Gasteiger partial charge >= 0.3 is 0 Å². The van der Waals surface area contributed by atoms with Crippen LogP contribution in [0.1, 0.15) is 31.7 Å². The average Bonchev–Trinajstić information content (AvgIpc) is 2.90. The molecule has 0 heterocycles. The quantitative estimate of drug-likeness (QED) is 0.748. The second kappa shape index (κ2) is 8.31. The minimum Gasteiger partial charge on any atom is -0.494 e. The maximum atomic E-state index is 12.3. The van der Waals surface area contributed by atoms with E-state index in [-0.39, 0.29) is 17.9 Å². The van der Waals surface area contributed by atoms with E-state index in [2.05, 4.69) is 19.1 Å². The number of aliphatic hydroxyl groups excluding tert-OH is 1. The van der Waals surface area contributed by atoms with E-state index >= 15 is 0 Å². The topological polar surface area (TPSA) is 75.8 Å². The summed E-state index contributed by atoms with van der Waals surface area (Å²) in [6, 6.07) is 7.82. The molecule has 5 nitrogen and oxygen atoms in total. The zero-order valence-corrected chi connectivity index (χ0v) is 14.1. The Morgan fingerprint density at radius 3 is 2.87 bits per heavy atom. The van der Waals surface area contributed by atoms with Gasteiger partial charge in [-0.1, -0.05) is 19.1 Å². The summed E-state index contributed by atoms with van der Waals surface area (Å²) >= 11 is 0. The van der Waals surface area contributed by atoms with Gasteiger partial charge in [0.05, 0.1) is 12.7 Å². The van der Waals surface area contributed by atoms with Gasteiger partial charge < -0.3 is 20.5 Å². The smallest absolute Gasteiger partial charge is 0.225 e. The molecule has 0 saturated heterocycles. The van der Waals surface area contributed by atoms with Gasteiger partial charge in [-0.05, 0) is 43.4 Å². The highest BCUT2D eigenvalue weighted by atomic mass is 16.5. The number of nitrogens with zero attached hydrogens (tertiary/aromatic N) is 1. The van der Waals surface area contributed by atoms with Crippen molar-refractivity contribution in [1.29, 1.82) is 0 Å². The third-order valence-electron chi connectivity index (χ3n) is 4.52. The number of aryl methyl sites for hydroxylation is 1. The van der Waals surface area contributed by atoms with Gasteiger partial charge in [-0.3, -0.25) is 4.79 Å². The first-order valence-electron chi connectivity index (χ1n) is 8.41. The third-order valence-corrected chi connectivity index (χ3v) is 4.52. The van der Waals surface area contributed by atoms with Gasteiger partial charge in [0, 0.05) is 25.6 Å². The molecule has 0 aliphatic heterocycles. The zero-order valence-electron chi connectivity index (χ0n) is 14.1. The van der Waals surface area contributed by atoms with Crippen LogP contribution < -0.4 is 10.5 Å². The fraction of sp³-hybridized carbons (Fsp3) is 0.611. The van der Waals surface area contributed by atoms with Crippen molar-refractivity contribution < 1.29 is 14.6 Å². The van der Waals surface area contributed by atoms with Crippen LogP contribution >= 0.6 is 0 Å². The highest BCUT2D eigenvalue weighted by Crippen LogP contribution is 2.26. The van der Waals surface area contributed by atoms with Crippen LogP contribution in [-0.2, 0) is 11.2 Å². The normalized spacial score (nSPS) is 23.7. The average molecular weight is 320 g/mol.